The highest BCUT2D eigenvalue weighted by atomic mass is 32.2. The zero-order valence-electron chi connectivity index (χ0n) is 12.1. The van der Waals surface area contributed by atoms with Gasteiger partial charge in [0, 0.05) is 17.3 Å². The molecule has 0 spiro atoms. The summed E-state index contributed by atoms with van der Waals surface area (Å²) in [4.78, 5) is 30.1. The maximum Gasteiger partial charge on any atom is 0.251 e. The number of fused-ring (bicyclic) bond motifs is 1. The van der Waals surface area contributed by atoms with E-state index in [1.54, 1.807) is 6.92 Å². The number of nitrogens with one attached hydrogen (secondary N) is 2. The smallest absolute Gasteiger partial charge is 0.251 e. The number of anilines is 1. The summed E-state index contributed by atoms with van der Waals surface area (Å²) in [5.74, 6) is 0.381. The number of aromatic nitrogens is 3. The van der Waals surface area contributed by atoms with Gasteiger partial charge in [-0.3, -0.25) is 14.9 Å². The zero-order valence-corrected chi connectivity index (χ0v) is 13.0. The number of thioether (sulfide) groups is 1. The standard InChI is InChI=1S/C14H16N4O3S/c1-8-6-11(19)17-14(15-8)22-7-12(20)16-13-9-4-2-3-5-10(9)18-21-13/h6H,2-5,7H2,1H3,(H,16,20)(H,15,17,19). The fourth-order valence-corrected chi connectivity index (χ4v) is 3.13. The second-order valence-corrected chi connectivity index (χ2v) is 6.14. The highest BCUT2D eigenvalue weighted by Crippen LogP contribution is 2.27. The molecule has 0 aliphatic heterocycles. The number of nitrogens with zero attached hydrogens (tertiary/aromatic N) is 2. The SMILES string of the molecule is Cc1cc(=O)[nH]c(SCC(=O)Nc2onc3c2CCCC3)n1. The minimum Gasteiger partial charge on any atom is -0.338 e. The van der Waals surface area contributed by atoms with Crippen molar-refractivity contribution in [3.8, 4) is 0 Å². The van der Waals surface area contributed by atoms with Crippen LogP contribution in [0.3, 0.4) is 0 Å². The molecule has 0 atom stereocenters. The lowest BCUT2D eigenvalue weighted by Gasteiger charge is -2.09. The van der Waals surface area contributed by atoms with Crippen molar-refractivity contribution >= 4 is 23.6 Å². The van der Waals surface area contributed by atoms with E-state index >= 15 is 0 Å². The molecule has 0 fully saturated rings. The first-order valence-corrected chi connectivity index (χ1v) is 8.08. The number of aromatic amines is 1. The summed E-state index contributed by atoms with van der Waals surface area (Å²) < 4.78 is 5.21. The van der Waals surface area contributed by atoms with Crippen molar-refractivity contribution in [3.05, 3.63) is 33.4 Å². The lowest BCUT2D eigenvalue weighted by Crippen LogP contribution is -2.16. The predicted octanol–water partition coefficient (Wildman–Crippen LogP) is 1.68. The Morgan fingerprint density at radius 1 is 1.45 bits per heavy atom. The Morgan fingerprint density at radius 3 is 3.09 bits per heavy atom. The van der Waals surface area contributed by atoms with Gasteiger partial charge in [-0.2, -0.15) is 0 Å². The fourth-order valence-electron chi connectivity index (χ4n) is 2.41. The summed E-state index contributed by atoms with van der Waals surface area (Å²) in [7, 11) is 0. The molecule has 0 saturated heterocycles. The average Bonchev–Trinajstić information content (AvgIpc) is 2.88. The van der Waals surface area contributed by atoms with E-state index in [9.17, 15) is 9.59 Å². The quantitative estimate of drug-likeness (QED) is 0.656. The molecule has 2 heterocycles. The Hall–Kier alpha value is -2.09. The molecule has 0 bridgehead atoms. The third-order valence-corrected chi connectivity index (χ3v) is 4.27. The number of aryl methyl sites for hydroxylation is 2. The highest BCUT2D eigenvalue weighted by molar-refractivity contribution is 7.99. The molecule has 2 aromatic rings. The monoisotopic (exact) mass is 320 g/mol. The Kier molecular flexibility index (Phi) is 4.28. The molecule has 0 unspecified atom stereocenters. The van der Waals surface area contributed by atoms with E-state index in [4.69, 9.17) is 4.52 Å². The first-order valence-electron chi connectivity index (χ1n) is 7.10. The molecule has 0 saturated carbocycles. The number of carbonyl (C=O) groups excluding carboxylic acids is 1. The Morgan fingerprint density at radius 2 is 2.27 bits per heavy atom. The molecule has 1 aliphatic carbocycles. The first-order chi connectivity index (χ1) is 10.6. The van der Waals surface area contributed by atoms with E-state index in [-0.39, 0.29) is 17.2 Å². The molecule has 3 rings (SSSR count). The number of H-pyrrole nitrogens is 1. The molecule has 0 radical (unpaired) electrons. The Bertz CT molecular complexity index is 753. The molecular weight excluding hydrogens is 304 g/mol. The second-order valence-electron chi connectivity index (χ2n) is 5.17. The number of hydrogen-bond acceptors (Lipinski definition) is 6. The average molecular weight is 320 g/mol. The molecule has 1 amide bonds. The molecule has 7 nitrogen and oxygen atoms in total. The molecule has 1 aliphatic rings. The summed E-state index contributed by atoms with van der Waals surface area (Å²) in [6.45, 7) is 1.74. The van der Waals surface area contributed by atoms with Crippen LogP contribution in [0.15, 0.2) is 20.5 Å². The molecule has 2 aromatic heterocycles. The minimum absolute atomic E-state index is 0.141. The van der Waals surface area contributed by atoms with Gasteiger partial charge in [0.15, 0.2) is 5.16 Å². The van der Waals surface area contributed by atoms with Gasteiger partial charge in [-0.25, -0.2) is 4.98 Å². The number of amides is 1. The zero-order chi connectivity index (χ0) is 15.5. The number of rotatable bonds is 4. The maximum atomic E-state index is 12.0. The lowest BCUT2D eigenvalue weighted by atomic mass is 9.98. The van der Waals surface area contributed by atoms with Crippen LogP contribution in [-0.4, -0.2) is 26.8 Å². The summed E-state index contributed by atoms with van der Waals surface area (Å²) in [6, 6.07) is 1.41. The largest absolute Gasteiger partial charge is 0.338 e. The van der Waals surface area contributed by atoms with E-state index in [1.165, 1.54) is 17.8 Å². The van der Waals surface area contributed by atoms with Gasteiger partial charge in [0.1, 0.15) is 0 Å². The normalized spacial score (nSPS) is 13.7. The van der Waals surface area contributed by atoms with Gasteiger partial charge in [0.2, 0.25) is 11.8 Å². The number of hydrogen-bond donors (Lipinski definition) is 2. The van der Waals surface area contributed by atoms with Gasteiger partial charge in [0.05, 0.1) is 11.4 Å². The van der Waals surface area contributed by atoms with Gasteiger partial charge in [-0.15, -0.1) is 0 Å². The lowest BCUT2D eigenvalue weighted by molar-refractivity contribution is -0.113. The van der Waals surface area contributed by atoms with Crippen molar-refractivity contribution < 1.29 is 9.32 Å². The summed E-state index contributed by atoms with van der Waals surface area (Å²) in [5.41, 5.74) is 2.35. The molecule has 22 heavy (non-hydrogen) atoms. The molecule has 2 N–H and O–H groups in total. The van der Waals surface area contributed by atoms with Crippen molar-refractivity contribution in [2.45, 2.75) is 37.8 Å². The van der Waals surface area contributed by atoms with Gasteiger partial charge in [-0.1, -0.05) is 16.9 Å². The molecule has 0 aromatic carbocycles. The van der Waals surface area contributed by atoms with Crippen LogP contribution in [0, 0.1) is 6.92 Å². The highest BCUT2D eigenvalue weighted by Gasteiger charge is 2.20. The van der Waals surface area contributed by atoms with Crippen LogP contribution in [0.4, 0.5) is 5.88 Å². The fraction of sp³-hybridized carbons (Fsp3) is 0.429. The van der Waals surface area contributed by atoms with Crippen LogP contribution in [0.1, 0.15) is 29.8 Å². The predicted molar refractivity (Wildman–Crippen MR) is 82.1 cm³/mol. The van der Waals surface area contributed by atoms with Crippen LogP contribution < -0.4 is 10.9 Å². The molecule has 116 valence electrons. The summed E-state index contributed by atoms with van der Waals surface area (Å²) >= 11 is 1.18. The maximum absolute atomic E-state index is 12.0. The van der Waals surface area contributed by atoms with Gasteiger partial charge in [0.25, 0.3) is 5.56 Å². The third-order valence-electron chi connectivity index (χ3n) is 3.40. The van der Waals surface area contributed by atoms with E-state index in [2.05, 4.69) is 20.4 Å². The van der Waals surface area contributed by atoms with Gasteiger partial charge >= 0.3 is 0 Å². The van der Waals surface area contributed by atoms with E-state index in [0.29, 0.717) is 16.7 Å². The van der Waals surface area contributed by atoms with Crippen LogP contribution in [0.5, 0.6) is 0 Å². The number of carbonyl (C=O) groups is 1. The molecular formula is C14H16N4O3S. The van der Waals surface area contributed by atoms with Gasteiger partial charge in [-0.05, 0) is 32.6 Å². The van der Waals surface area contributed by atoms with Crippen molar-refractivity contribution in [2.75, 3.05) is 11.1 Å². The van der Waals surface area contributed by atoms with E-state index < -0.39 is 0 Å². The van der Waals surface area contributed by atoms with Crippen LogP contribution in [0.25, 0.3) is 0 Å². The van der Waals surface area contributed by atoms with Crippen molar-refractivity contribution in [2.24, 2.45) is 0 Å². The van der Waals surface area contributed by atoms with Crippen LogP contribution in [-0.2, 0) is 17.6 Å². The van der Waals surface area contributed by atoms with Gasteiger partial charge < -0.3 is 9.51 Å². The van der Waals surface area contributed by atoms with Crippen molar-refractivity contribution in [1.29, 1.82) is 0 Å². The Balaban J connectivity index is 1.61. The second kappa shape index (κ2) is 6.35. The first kappa shape index (κ1) is 14.8. The van der Waals surface area contributed by atoms with Crippen LogP contribution >= 0.6 is 11.8 Å². The van der Waals surface area contributed by atoms with Crippen molar-refractivity contribution in [1.82, 2.24) is 15.1 Å². The Labute approximate surface area is 130 Å². The summed E-state index contributed by atoms with van der Waals surface area (Å²) in [5, 5.41) is 7.17. The van der Waals surface area contributed by atoms with Crippen LogP contribution in [0.2, 0.25) is 0 Å². The molecule has 8 heteroatoms. The topological polar surface area (TPSA) is 101 Å². The van der Waals surface area contributed by atoms with Crippen molar-refractivity contribution in [3.63, 3.8) is 0 Å². The van der Waals surface area contributed by atoms with E-state index in [1.807, 2.05) is 0 Å². The third kappa shape index (κ3) is 3.38. The summed E-state index contributed by atoms with van der Waals surface area (Å²) in [6.07, 6.45) is 3.97. The minimum atomic E-state index is -0.222. The van der Waals surface area contributed by atoms with E-state index in [0.717, 1.165) is 36.9 Å².